The predicted octanol–water partition coefficient (Wildman–Crippen LogP) is 4.82. The average Bonchev–Trinajstić information content (AvgIpc) is 2.70. The molecule has 6 nitrogen and oxygen atoms in total. The third-order valence-corrected chi connectivity index (χ3v) is 4.98. The van der Waals surface area contributed by atoms with Crippen molar-refractivity contribution in [2.45, 2.75) is 38.7 Å². The van der Waals surface area contributed by atoms with Crippen LogP contribution in [-0.2, 0) is 4.79 Å². The fourth-order valence-corrected chi connectivity index (χ4v) is 2.88. The van der Waals surface area contributed by atoms with Crippen molar-refractivity contribution in [3.05, 3.63) is 59.7 Å². The number of alkyl halides is 4. The monoisotopic (exact) mass is 451 g/mol. The minimum absolute atomic E-state index is 0.000764. The number of hydrogen-bond donors (Lipinski definition) is 2. The summed E-state index contributed by atoms with van der Waals surface area (Å²) in [5, 5.41) is 6.81. The molecule has 2 amide bonds. The molecule has 0 unspecified atom stereocenters. The number of halogens is 4. The number of ether oxygens (including phenoxy) is 1. The van der Waals surface area contributed by atoms with Gasteiger partial charge in [0.1, 0.15) is 5.75 Å². The Morgan fingerprint density at radius 1 is 1.09 bits per heavy atom. The van der Waals surface area contributed by atoms with Crippen molar-refractivity contribution >= 4 is 23.2 Å². The number of rotatable bonds is 8. The Labute approximate surface area is 181 Å². The molecule has 0 atom stereocenters. The molecular formula is C22H21F4N3O3. The lowest BCUT2D eigenvalue weighted by molar-refractivity contribution is -0.253. The molecule has 0 radical (unpaired) electrons. The molecular weight excluding hydrogens is 430 g/mol. The third-order valence-electron chi connectivity index (χ3n) is 4.98. The molecule has 0 heterocycles. The van der Waals surface area contributed by atoms with Crippen molar-refractivity contribution in [2.75, 3.05) is 5.32 Å². The lowest BCUT2D eigenvalue weighted by Crippen LogP contribution is -2.33. The van der Waals surface area contributed by atoms with Gasteiger partial charge in [0.05, 0.1) is 5.71 Å². The number of anilines is 1. The minimum atomic E-state index is -4.67. The SMILES string of the molecule is C/C(=N\NC(=O)c1cccc(OC(F)(F)C(F)F)c1)c1ccc(NC(=O)C2CCC2)cc1. The van der Waals surface area contributed by atoms with E-state index in [-0.39, 0.29) is 17.4 Å². The van der Waals surface area contributed by atoms with Crippen LogP contribution >= 0.6 is 0 Å². The van der Waals surface area contributed by atoms with E-state index in [1.807, 2.05) is 0 Å². The van der Waals surface area contributed by atoms with Crippen LogP contribution in [0.25, 0.3) is 0 Å². The molecule has 0 aromatic heterocycles. The third kappa shape index (κ3) is 5.83. The van der Waals surface area contributed by atoms with Gasteiger partial charge in [-0.25, -0.2) is 5.43 Å². The summed E-state index contributed by atoms with van der Waals surface area (Å²) in [7, 11) is 0. The summed E-state index contributed by atoms with van der Waals surface area (Å²) < 4.78 is 54.6. The zero-order valence-corrected chi connectivity index (χ0v) is 17.1. The normalized spacial score (nSPS) is 14.6. The molecule has 0 bridgehead atoms. The van der Waals surface area contributed by atoms with Crippen LogP contribution < -0.4 is 15.5 Å². The van der Waals surface area contributed by atoms with Crippen molar-refractivity contribution in [3.63, 3.8) is 0 Å². The quantitative estimate of drug-likeness (QED) is 0.343. The second-order valence-electron chi connectivity index (χ2n) is 7.32. The highest BCUT2D eigenvalue weighted by molar-refractivity contribution is 6.01. The molecule has 2 N–H and O–H groups in total. The van der Waals surface area contributed by atoms with E-state index >= 15 is 0 Å². The second kappa shape index (κ2) is 9.80. The van der Waals surface area contributed by atoms with Gasteiger partial charge >= 0.3 is 12.5 Å². The lowest BCUT2D eigenvalue weighted by Gasteiger charge is -2.24. The second-order valence-corrected chi connectivity index (χ2v) is 7.32. The number of carbonyl (C=O) groups is 2. The standard InChI is InChI=1S/C22H21F4N3O3/c1-13(14-8-10-17(11-9-14)27-19(30)15-4-2-5-15)28-29-20(31)16-6-3-7-18(12-16)32-22(25,26)21(23)24/h3,6-12,15,21H,2,4-5H2,1H3,(H,27,30)(H,29,31)/b28-13+. The van der Waals surface area contributed by atoms with Crippen LogP contribution in [0.5, 0.6) is 5.75 Å². The van der Waals surface area contributed by atoms with Crippen LogP contribution in [0.15, 0.2) is 53.6 Å². The van der Waals surface area contributed by atoms with Gasteiger partial charge in [-0.05, 0) is 55.7 Å². The van der Waals surface area contributed by atoms with E-state index in [1.165, 1.54) is 12.1 Å². The lowest BCUT2D eigenvalue weighted by atomic mass is 9.85. The van der Waals surface area contributed by atoms with E-state index < -0.39 is 24.2 Å². The molecule has 32 heavy (non-hydrogen) atoms. The molecule has 1 fully saturated rings. The van der Waals surface area contributed by atoms with Gasteiger partial charge in [0.15, 0.2) is 0 Å². The molecule has 0 spiro atoms. The van der Waals surface area contributed by atoms with Crippen molar-refractivity contribution < 1.29 is 31.9 Å². The largest absolute Gasteiger partial charge is 0.461 e. The molecule has 0 aliphatic heterocycles. The van der Waals surface area contributed by atoms with Crippen LogP contribution in [0.2, 0.25) is 0 Å². The van der Waals surface area contributed by atoms with Gasteiger partial charge in [0.25, 0.3) is 5.91 Å². The van der Waals surface area contributed by atoms with Crippen molar-refractivity contribution in [1.29, 1.82) is 0 Å². The highest BCUT2D eigenvalue weighted by atomic mass is 19.3. The van der Waals surface area contributed by atoms with E-state index in [9.17, 15) is 27.2 Å². The van der Waals surface area contributed by atoms with E-state index in [2.05, 4.69) is 20.6 Å². The van der Waals surface area contributed by atoms with Gasteiger partial charge in [0, 0.05) is 17.2 Å². The Morgan fingerprint density at radius 2 is 1.78 bits per heavy atom. The fraction of sp³-hybridized carbons (Fsp3) is 0.318. The molecule has 10 heteroatoms. The topological polar surface area (TPSA) is 79.8 Å². The van der Waals surface area contributed by atoms with Gasteiger partial charge in [-0.15, -0.1) is 0 Å². The van der Waals surface area contributed by atoms with Gasteiger partial charge in [-0.2, -0.15) is 22.7 Å². The minimum Gasteiger partial charge on any atom is -0.428 e. The first-order chi connectivity index (χ1) is 15.2. The van der Waals surface area contributed by atoms with E-state index in [0.717, 1.165) is 31.4 Å². The predicted molar refractivity (Wildman–Crippen MR) is 110 cm³/mol. The van der Waals surface area contributed by atoms with Crippen LogP contribution in [0.1, 0.15) is 42.1 Å². The first-order valence-electron chi connectivity index (χ1n) is 9.86. The maximum Gasteiger partial charge on any atom is 0.461 e. The fourth-order valence-electron chi connectivity index (χ4n) is 2.88. The van der Waals surface area contributed by atoms with Crippen molar-refractivity contribution in [3.8, 4) is 5.75 Å². The summed E-state index contributed by atoms with van der Waals surface area (Å²) >= 11 is 0. The summed E-state index contributed by atoms with van der Waals surface area (Å²) in [6.07, 6.45) is -5.81. The maximum absolute atomic E-state index is 13.0. The molecule has 1 aliphatic carbocycles. The van der Waals surface area contributed by atoms with Crippen LogP contribution in [0, 0.1) is 5.92 Å². The number of amides is 2. The molecule has 170 valence electrons. The Bertz CT molecular complexity index is 1010. The summed E-state index contributed by atoms with van der Waals surface area (Å²) in [5.41, 5.74) is 3.96. The zero-order chi connectivity index (χ0) is 23.3. The smallest absolute Gasteiger partial charge is 0.428 e. The van der Waals surface area contributed by atoms with Gasteiger partial charge < -0.3 is 10.1 Å². The maximum atomic E-state index is 13.0. The number of nitrogens with one attached hydrogen (secondary N) is 2. The highest BCUT2D eigenvalue weighted by Crippen LogP contribution is 2.28. The molecule has 3 rings (SSSR count). The van der Waals surface area contributed by atoms with Gasteiger partial charge in [-0.3, -0.25) is 9.59 Å². The Hall–Kier alpha value is -3.43. The number of nitrogens with zero attached hydrogens (tertiary/aromatic N) is 1. The number of hydrogen-bond acceptors (Lipinski definition) is 4. The first kappa shape index (κ1) is 23.2. The number of carbonyl (C=O) groups excluding carboxylic acids is 2. The van der Waals surface area contributed by atoms with Gasteiger partial charge in [-0.1, -0.05) is 24.6 Å². The molecule has 2 aromatic carbocycles. The van der Waals surface area contributed by atoms with E-state index in [0.29, 0.717) is 17.0 Å². The zero-order valence-electron chi connectivity index (χ0n) is 17.1. The average molecular weight is 451 g/mol. The first-order valence-corrected chi connectivity index (χ1v) is 9.86. The van der Waals surface area contributed by atoms with E-state index in [4.69, 9.17) is 0 Å². The Kier molecular flexibility index (Phi) is 7.12. The number of hydrazone groups is 1. The molecule has 1 saturated carbocycles. The molecule has 2 aromatic rings. The highest BCUT2D eigenvalue weighted by Gasteiger charge is 2.44. The van der Waals surface area contributed by atoms with Crippen LogP contribution in [0.4, 0.5) is 23.2 Å². The van der Waals surface area contributed by atoms with Gasteiger partial charge in [0.2, 0.25) is 5.91 Å². The molecule has 1 aliphatic rings. The summed E-state index contributed by atoms with van der Waals surface area (Å²) in [6.45, 7) is 1.64. The van der Waals surface area contributed by atoms with E-state index in [1.54, 1.807) is 31.2 Å². The van der Waals surface area contributed by atoms with Crippen molar-refractivity contribution in [1.82, 2.24) is 5.43 Å². The van der Waals surface area contributed by atoms with Crippen molar-refractivity contribution in [2.24, 2.45) is 11.0 Å². The Balaban J connectivity index is 1.60. The number of benzene rings is 2. The Morgan fingerprint density at radius 3 is 2.38 bits per heavy atom. The van der Waals surface area contributed by atoms with Crippen LogP contribution in [-0.4, -0.2) is 30.1 Å². The van der Waals surface area contributed by atoms with Crippen LogP contribution in [0.3, 0.4) is 0 Å². The summed E-state index contributed by atoms with van der Waals surface area (Å²) in [4.78, 5) is 24.2. The molecule has 0 saturated heterocycles. The summed E-state index contributed by atoms with van der Waals surface area (Å²) in [6, 6.07) is 11.4. The summed E-state index contributed by atoms with van der Waals surface area (Å²) in [5.74, 6) is -1.25.